The highest BCUT2D eigenvalue weighted by Gasteiger charge is 2.25. The van der Waals surface area contributed by atoms with Gasteiger partial charge in [0.2, 0.25) is 5.91 Å². The van der Waals surface area contributed by atoms with Crippen molar-refractivity contribution >= 4 is 5.91 Å². The Labute approximate surface area is 86.6 Å². The number of nitrogens with one attached hydrogen (secondary N) is 2. The van der Waals surface area contributed by atoms with E-state index in [-0.39, 0.29) is 11.3 Å². The van der Waals surface area contributed by atoms with Crippen LogP contribution in [0.1, 0.15) is 40.5 Å². The monoisotopic (exact) mass is 198 g/mol. The van der Waals surface area contributed by atoms with Crippen molar-refractivity contribution in [1.29, 1.82) is 0 Å². The molecule has 0 aromatic rings. The fourth-order valence-corrected chi connectivity index (χ4v) is 1.48. The van der Waals surface area contributed by atoms with E-state index < -0.39 is 0 Å². The zero-order chi connectivity index (χ0) is 10.8. The largest absolute Gasteiger partial charge is 0.355 e. The Bertz CT molecular complexity index is 198. The van der Waals surface area contributed by atoms with E-state index in [1.54, 1.807) is 0 Å². The van der Waals surface area contributed by atoms with Crippen molar-refractivity contribution in [2.45, 2.75) is 52.6 Å². The number of piperidine rings is 1. The average Bonchev–Trinajstić information content (AvgIpc) is 2.07. The second-order valence-electron chi connectivity index (χ2n) is 5.29. The van der Waals surface area contributed by atoms with Gasteiger partial charge in [0, 0.05) is 25.0 Å². The zero-order valence-corrected chi connectivity index (χ0v) is 9.68. The van der Waals surface area contributed by atoms with Gasteiger partial charge in [0.15, 0.2) is 0 Å². The van der Waals surface area contributed by atoms with Crippen molar-refractivity contribution in [3.63, 3.8) is 0 Å². The van der Waals surface area contributed by atoms with Crippen LogP contribution in [0.5, 0.6) is 0 Å². The van der Waals surface area contributed by atoms with Gasteiger partial charge in [0.1, 0.15) is 0 Å². The van der Waals surface area contributed by atoms with Crippen LogP contribution in [0.25, 0.3) is 0 Å². The topological polar surface area (TPSA) is 41.1 Å². The molecule has 2 unspecified atom stereocenters. The van der Waals surface area contributed by atoms with Gasteiger partial charge in [0.05, 0.1) is 0 Å². The predicted molar refractivity (Wildman–Crippen MR) is 58.1 cm³/mol. The van der Waals surface area contributed by atoms with Gasteiger partial charge >= 0.3 is 0 Å². The summed E-state index contributed by atoms with van der Waals surface area (Å²) in [6.45, 7) is 9.67. The fraction of sp³-hybridized carbons (Fsp3) is 0.909. The quantitative estimate of drug-likeness (QED) is 0.702. The Morgan fingerprint density at radius 1 is 1.50 bits per heavy atom. The first-order valence-corrected chi connectivity index (χ1v) is 5.42. The van der Waals surface area contributed by atoms with Gasteiger partial charge in [-0.05, 0) is 18.8 Å². The minimum absolute atomic E-state index is 0.187. The highest BCUT2D eigenvalue weighted by molar-refractivity contribution is 5.76. The molecular formula is C11H22N2O. The Balaban J connectivity index is 2.34. The van der Waals surface area contributed by atoms with Crippen molar-refractivity contribution in [3.8, 4) is 0 Å². The molecule has 1 saturated heterocycles. The smallest absolute Gasteiger partial charge is 0.220 e. The number of rotatable bonds is 2. The minimum Gasteiger partial charge on any atom is -0.355 e. The van der Waals surface area contributed by atoms with E-state index in [9.17, 15) is 4.79 Å². The van der Waals surface area contributed by atoms with Crippen LogP contribution < -0.4 is 10.6 Å². The fourth-order valence-electron chi connectivity index (χ4n) is 1.48. The molecule has 0 saturated carbocycles. The Hall–Kier alpha value is -0.570. The molecule has 0 bridgehead atoms. The zero-order valence-electron chi connectivity index (χ0n) is 9.68. The molecule has 0 spiro atoms. The van der Waals surface area contributed by atoms with Gasteiger partial charge in [0.25, 0.3) is 0 Å². The standard InChI is InChI=1S/C11H22N2O/c1-8(11(2,3)4)13-9-5-6-10(14)12-7-9/h8-9,13H,5-7H2,1-4H3,(H,12,14). The summed E-state index contributed by atoms with van der Waals surface area (Å²) in [5.74, 6) is 0.187. The highest BCUT2D eigenvalue weighted by atomic mass is 16.1. The summed E-state index contributed by atoms with van der Waals surface area (Å²) in [5.41, 5.74) is 0.279. The SMILES string of the molecule is CC(NC1CCC(=O)NC1)C(C)(C)C. The molecule has 1 aliphatic heterocycles. The molecule has 1 heterocycles. The normalized spacial score (nSPS) is 25.7. The molecule has 0 aromatic heterocycles. The Kier molecular flexibility index (Phi) is 3.53. The molecular weight excluding hydrogens is 176 g/mol. The second-order valence-corrected chi connectivity index (χ2v) is 5.29. The van der Waals surface area contributed by atoms with E-state index in [1.807, 2.05) is 0 Å². The van der Waals surface area contributed by atoms with Crippen LogP contribution in [0.4, 0.5) is 0 Å². The van der Waals surface area contributed by atoms with Gasteiger partial charge in [-0.1, -0.05) is 20.8 Å². The first kappa shape index (κ1) is 11.5. The van der Waals surface area contributed by atoms with Crippen molar-refractivity contribution in [1.82, 2.24) is 10.6 Å². The summed E-state index contributed by atoms with van der Waals surface area (Å²) < 4.78 is 0. The molecule has 3 nitrogen and oxygen atoms in total. The molecule has 14 heavy (non-hydrogen) atoms. The Morgan fingerprint density at radius 2 is 2.14 bits per heavy atom. The maximum atomic E-state index is 11.0. The molecule has 1 aliphatic rings. The van der Waals surface area contributed by atoms with Gasteiger partial charge < -0.3 is 10.6 Å². The molecule has 0 aromatic carbocycles. The molecule has 2 atom stereocenters. The van der Waals surface area contributed by atoms with Crippen LogP contribution in [0.15, 0.2) is 0 Å². The van der Waals surface area contributed by atoms with Gasteiger partial charge in [-0.25, -0.2) is 0 Å². The summed E-state index contributed by atoms with van der Waals surface area (Å²) in [6.07, 6.45) is 1.63. The van der Waals surface area contributed by atoms with E-state index in [1.165, 1.54) is 0 Å². The summed E-state index contributed by atoms with van der Waals surface area (Å²) in [5, 5.41) is 6.45. The number of hydrogen-bond donors (Lipinski definition) is 2. The third-order valence-corrected chi connectivity index (χ3v) is 3.05. The molecule has 82 valence electrons. The van der Waals surface area contributed by atoms with Crippen LogP contribution in [0.3, 0.4) is 0 Å². The van der Waals surface area contributed by atoms with Gasteiger partial charge in [-0.2, -0.15) is 0 Å². The number of carbonyl (C=O) groups excluding carboxylic acids is 1. The molecule has 1 rings (SSSR count). The van der Waals surface area contributed by atoms with Crippen LogP contribution in [-0.4, -0.2) is 24.5 Å². The number of carbonyl (C=O) groups is 1. The molecule has 1 fully saturated rings. The van der Waals surface area contributed by atoms with Gasteiger partial charge in [-0.15, -0.1) is 0 Å². The molecule has 3 heteroatoms. The van der Waals surface area contributed by atoms with E-state index in [4.69, 9.17) is 0 Å². The maximum Gasteiger partial charge on any atom is 0.220 e. The third-order valence-electron chi connectivity index (χ3n) is 3.05. The molecule has 1 amide bonds. The van der Waals surface area contributed by atoms with Crippen molar-refractivity contribution in [2.24, 2.45) is 5.41 Å². The van der Waals surface area contributed by atoms with Crippen molar-refractivity contribution in [2.75, 3.05) is 6.54 Å². The number of hydrogen-bond acceptors (Lipinski definition) is 2. The van der Waals surface area contributed by atoms with Crippen LogP contribution >= 0.6 is 0 Å². The van der Waals surface area contributed by atoms with E-state index in [2.05, 4.69) is 38.3 Å². The lowest BCUT2D eigenvalue weighted by atomic mass is 9.87. The number of amides is 1. The average molecular weight is 198 g/mol. The van der Waals surface area contributed by atoms with Crippen molar-refractivity contribution in [3.05, 3.63) is 0 Å². The highest BCUT2D eigenvalue weighted by Crippen LogP contribution is 2.19. The third kappa shape index (κ3) is 3.29. The first-order chi connectivity index (χ1) is 6.39. The predicted octanol–water partition coefficient (Wildman–Crippen LogP) is 1.29. The molecule has 0 radical (unpaired) electrons. The molecule has 0 aliphatic carbocycles. The lowest BCUT2D eigenvalue weighted by Gasteiger charge is -2.34. The van der Waals surface area contributed by atoms with E-state index in [0.29, 0.717) is 18.5 Å². The Morgan fingerprint density at radius 3 is 2.57 bits per heavy atom. The van der Waals surface area contributed by atoms with Crippen molar-refractivity contribution < 1.29 is 4.79 Å². The summed E-state index contributed by atoms with van der Waals surface area (Å²) >= 11 is 0. The van der Waals surface area contributed by atoms with Crippen LogP contribution in [0.2, 0.25) is 0 Å². The lowest BCUT2D eigenvalue weighted by molar-refractivity contribution is -0.122. The second kappa shape index (κ2) is 4.30. The van der Waals surface area contributed by atoms with E-state index in [0.717, 1.165) is 13.0 Å². The van der Waals surface area contributed by atoms with Crippen LogP contribution in [-0.2, 0) is 4.79 Å². The summed E-state index contributed by atoms with van der Waals surface area (Å²) in [4.78, 5) is 11.0. The van der Waals surface area contributed by atoms with Crippen LogP contribution in [0, 0.1) is 5.41 Å². The lowest BCUT2D eigenvalue weighted by Crippen LogP contribution is -2.51. The molecule has 2 N–H and O–H groups in total. The first-order valence-electron chi connectivity index (χ1n) is 5.42. The maximum absolute atomic E-state index is 11.0. The van der Waals surface area contributed by atoms with E-state index >= 15 is 0 Å². The summed E-state index contributed by atoms with van der Waals surface area (Å²) in [6, 6.07) is 0.921. The summed E-state index contributed by atoms with van der Waals surface area (Å²) in [7, 11) is 0. The minimum atomic E-state index is 0.187. The van der Waals surface area contributed by atoms with Gasteiger partial charge in [-0.3, -0.25) is 4.79 Å².